The van der Waals surface area contributed by atoms with E-state index in [2.05, 4.69) is 19.2 Å². The molecule has 37 heavy (non-hydrogen) atoms. The maximum absolute atomic E-state index is 13.7. The van der Waals surface area contributed by atoms with Crippen LogP contribution in [-0.2, 0) is 14.8 Å². The Morgan fingerprint density at radius 1 is 0.946 bits per heavy atom. The number of nitrogens with one attached hydrogen (secondary N) is 1. The Hall–Kier alpha value is -3.23. The Labute approximate surface area is 224 Å². The number of anilines is 1. The monoisotopic (exact) mass is 544 g/mol. The lowest BCUT2D eigenvalue weighted by molar-refractivity contribution is -0.120. The van der Waals surface area contributed by atoms with Gasteiger partial charge in [0.15, 0.2) is 0 Å². The third-order valence-electron chi connectivity index (χ3n) is 5.69. The summed E-state index contributed by atoms with van der Waals surface area (Å²) in [7, 11) is -2.47. The van der Waals surface area contributed by atoms with Crippen molar-refractivity contribution >= 4 is 33.2 Å². The Kier molecular flexibility index (Phi) is 9.83. The first-order valence-electron chi connectivity index (χ1n) is 12.1. The lowest BCUT2D eigenvalue weighted by Gasteiger charge is -2.27. The third kappa shape index (κ3) is 7.63. The van der Waals surface area contributed by atoms with Gasteiger partial charge in [0.25, 0.3) is 10.0 Å². The zero-order chi connectivity index (χ0) is 27.0. The second-order valence-corrected chi connectivity index (χ2v) is 11.2. The SMILES string of the molecule is CCOc1ccc(N(CC(=O)N[C@H](CC(C)C)c2ccc(OC)cc2)S(=O)(=O)c2ccc(Cl)cc2)cc1. The van der Waals surface area contributed by atoms with Crippen molar-refractivity contribution in [1.29, 1.82) is 0 Å². The second-order valence-electron chi connectivity index (χ2n) is 8.92. The predicted molar refractivity (Wildman–Crippen MR) is 147 cm³/mol. The smallest absolute Gasteiger partial charge is 0.264 e. The van der Waals surface area contributed by atoms with Crippen LogP contribution in [0.4, 0.5) is 5.69 Å². The molecule has 0 bridgehead atoms. The van der Waals surface area contributed by atoms with Gasteiger partial charge in [0.2, 0.25) is 5.91 Å². The summed E-state index contributed by atoms with van der Waals surface area (Å²) in [5.41, 5.74) is 1.26. The van der Waals surface area contributed by atoms with Crippen molar-refractivity contribution in [3.63, 3.8) is 0 Å². The lowest BCUT2D eigenvalue weighted by atomic mass is 9.97. The minimum Gasteiger partial charge on any atom is -0.497 e. The molecule has 0 radical (unpaired) electrons. The Bertz CT molecular complexity index is 1260. The van der Waals surface area contributed by atoms with Gasteiger partial charge in [-0.05, 0) is 85.5 Å². The fraction of sp³-hybridized carbons (Fsp3) is 0.321. The number of amides is 1. The number of nitrogens with zero attached hydrogens (tertiary/aromatic N) is 1. The normalized spacial score (nSPS) is 12.2. The molecule has 0 aliphatic heterocycles. The van der Waals surface area contributed by atoms with Gasteiger partial charge in [0.1, 0.15) is 18.0 Å². The van der Waals surface area contributed by atoms with Gasteiger partial charge in [-0.25, -0.2) is 8.42 Å². The van der Waals surface area contributed by atoms with Gasteiger partial charge in [0.05, 0.1) is 30.3 Å². The van der Waals surface area contributed by atoms with Crippen LogP contribution in [0, 0.1) is 5.92 Å². The van der Waals surface area contributed by atoms with Gasteiger partial charge in [-0.2, -0.15) is 0 Å². The van der Waals surface area contributed by atoms with Gasteiger partial charge in [-0.1, -0.05) is 37.6 Å². The number of sulfonamides is 1. The molecular formula is C28H33ClN2O5S. The van der Waals surface area contributed by atoms with Crippen molar-refractivity contribution < 1.29 is 22.7 Å². The summed E-state index contributed by atoms with van der Waals surface area (Å²) in [5, 5.41) is 3.45. The lowest BCUT2D eigenvalue weighted by Crippen LogP contribution is -2.42. The molecule has 3 aromatic carbocycles. The van der Waals surface area contributed by atoms with E-state index in [1.165, 1.54) is 24.3 Å². The van der Waals surface area contributed by atoms with Crippen LogP contribution in [0.3, 0.4) is 0 Å². The van der Waals surface area contributed by atoms with Crippen molar-refractivity contribution in [1.82, 2.24) is 5.32 Å². The summed E-state index contributed by atoms with van der Waals surface area (Å²) >= 11 is 5.97. The molecule has 1 atom stereocenters. The van der Waals surface area contributed by atoms with Crippen molar-refractivity contribution in [2.24, 2.45) is 5.92 Å². The molecule has 7 nitrogen and oxygen atoms in total. The van der Waals surface area contributed by atoms with Crippen LogP contribution in [0.25, 0.3) is 0 Å². The van der Waals surface area contributed by atoms with Gasteiger partial charge in [-0.15, -0.1) is 0 Å². The first-order valence-corrected chi connectivity index (χ1v) is 13.9. The molecule has 3 aromatic rings. The van der Waals surface area contributed by atoms with Crippen LogP contribution in [-0.4, -0.2) is 34.6 Å². The summed E-state index contributed by atoms with van der Waals surface area (Å²) in [6, 6.07) is 19.7. The highest BCUT2D eigenvalue weighted by atomic mass is 35.5. The topological polar surface area (TPSA) is 84.9 Å². The van der Waals surface area contributed by atoms with Gasteiger partial charge >= 0.3 is 0 Å². The van der Waals surface area contributed by atoms with Crippen molar-refractivity contribution in [3.8, 4) is 11.5 Å². The minimum absolute atomic E-state index is 0.0347. The molecule has 0 aromatic heterocycles. The third-order valence-corrected chi connectivity index (χ3v) is 7.73. The number of hydrogen-bond donors (Lipinski definition) is 1. The first kappa shape index (κ1) is 28.3. The first-order chi connectivity index (χ1) is 17.6. The van der Waals surface area contributed by atoms with E-state index in [-0.39, 0.29) is 10.9 Å². The zero-order valence-electron chi connectivity index (χ0n) is 21.5. The minimum atomic E-state index is -4.07. The molecule has 0 spiro atoms. The fourth-order valence-corrected chi connectivity index (χ4v) is 5.43. The zero-order valence-corrected chi connectivity index (χ0v) is 23.1. The van der Waals surface area contributed by atoms with E-state index in [1.54, 1.807) is 31.4 Å². The number of halogens is 1. The number of ether oxygens (including phenoxy) is 2. The second kappa shape index (κ2) is 12.8. The fourth-order valence-electron chi connectivity index (χ4n) is 3.88. The molecule has 198 valence electrons. The largest absolute Gasteiger partial charge is 0.497 e. The Morgan fingerprint density at radius 3 is 2.08 bits per heavy atom. The van der Waals surface area contributed by atoms with E-state index in [0.29, 0.717) is 41.2 Å². The Balaban J connectivity index is 1.92. The molecule has 0 aliphatic carbocycles. The van der Waals surface area contributed by atoms with Gasteiger partial charge in [-0.3, -0.25) is 9.10 Å². The van der Waals surface area contributed by atoms with Crippen molar-refractivity contribution in [2.75, 3.05) is 24.6 Å². The van der Waals surface area contributed by atoms with E-state index >= 15 is 0 Å². The number of carbonyl (C=O) groups excluding carboxylic acids is 1. The summed E-state index contributed by atoms with van der Waals surface area (Å²) in [6.07, 6.45) is 0.686. The van der Waals surface area contributed by atoms with Crippen molar-refractivity contribution in [2.45, 2.75) is 38.1 Å². The molecular weight excluding hydrogens is 512 g/mol. The molecule has 1 N–H and O–H groups in total. The van der Waals surface area contributed by atoms with Crippen LogP contribution in [0.15, 0.2) is 77.7 Å². The van der Waals surface area contributed by atoms with E-state index < -0.39 is 22.5 Å². The highest BCUT2D eigenvalue weighted by Gasteiger charge is 2.28. The van der Waals surface area contributed by atoms with Gasteiger partial charge in [0, 0.05) is 5.02 Å². The standard InChI is InChI=1S/C28H33ClN2O5S/c1-5-36-25-14-10-23(11-15-25)31(37(33,34)26-16-8-22(29)9-17-26)19-28(32)30-27(18-20(2)3)21-6-12-24(35-4)13-7-21/h6-17,20,27H,5,18-19H2,1-4H3,(H,30,32)/t27-/m1/s1. The molecule has 9 heteroatoms. The molecule has 3 rings (SSSR count). The molecule has 1 amide bonds. The maximum Gasteiger partial charge on any atom is 0.264 e. The quantitative estimate of drug-likeness (QED) is 0.309. The summed E-state index contributed by atoms with van der Waals surface area (Å²) in [5.74, 6) is 1.20. The van der Waals surface area contributed by atoms with E-state index in [0.717, 1.165) is 9.87 Å². The predicted octanol–water partition coefficient (Wildman–Crippen LogP) is 5.85. The Morgan fingerprint density at radius 2 is 1.54 bits per heavy atom. The van der Waals surface area contributed by atoms with Gasteiger partial charge < -0.3 is 14.8 Å². The molecule has 0 aliphatic rings. The van der Waals surface area contributed by atoms with Crippen LogP contribution in [0.2, 0.25) is 5.02 Å². The molecule has 0 saturated carbocycles. The van der Waals surface area contributed by atoms with Crippen LogP contribution in [0.1, 0.15) is 38.8 Å². The van der Waals surface area contributed by atoms with E-state index in [1.807, 2.05) is 31.2 Å². The summed E-state index contributed by atoms with van der Waals surface area (Å²) in [4.78, 5) is 13.4. The molecule has 0 saturated heterocycles. The number of methoxy groups -OCH3 is 1. The number of carbonyl (C=O) groups is 1. The average Bonchev–Trinajstić information content (AvgIpc) is 2.87. The van der Waals surface area contributed by atoms with Crippen LogP contribution < -0.4 is 19.1 Å². The van der Waals surface area contributed by atoms with Crippen LogP contribution >= 0.6 is 11.6 Å². The molecule has 0 unspecified atom stereocenters. The summed E-state index contributed by atoms with van der Waals surface area (Å²) < 4.78 is 39.1. The van der Waals surface area contributed by atoms with Crippen molar-refractivity contribution in [3.05, 3.63) is 83.4 Å². The number of hydrogen-bond acceptors (Lipinski definition) is 5. The molecule has 0 heterocycles. The highest BCUT2D eigenvalue weighted by Crippen LogP contribution is 2.28. The van der Waals surface area contributed by atoms with Crippen LogP contribution in [0.5, 0.6) is 11.5 Å². The molecule has 0 fully saturated rings. The van der Waals surface area contributed by atoms with E-state index in [9.17, 15) is 13.2 Å². The van der Waals surface area contributed by atoms with E-state index in [4.69, 9.17) is 21.1 Å². The number of rotatable bonds is 12. The number of benzene rings is 3. The maximum atomic E-state index is 13.7. The highest BCUT2D eigenvalue weighted by molar-refractivity contribution is 7.92. The average molecular weight is 545 g/mol. The summed E-state index contributed by atoms with van der Waals surface area (Å²) in [6.45, 7) is 6.09.